The minimum Gasteiger partial charge on any atom is -0.444 e. The first-order chi connectivity index (χ1) is 14.6. The highest BCUT2D eigenvalue weighted by Gasteiger charge is 2.23. The number of methoxy groups -OCH3 is 1. The van der Waals surface area contributed by atoms with E-state index < -0.39 is 29.2 Å². The van der Waals surface area contributed by atoms with E-state index in [1.165, 1.54) is 19.2 Å². The summed E-state index contributed by atoms with van der Waals surface area (Å²) in [6, 6.07) is 8.11. The van der Waals surface area contributed by atoms with E-state index in [0.29, 0.717) is 15.6 Å². The molecule has 2 N–H and O–H groups in total. The van der Waals surface area contributed by atoms with Crippen LogP contribution >= 0.6 is 11.3 Å². The normalized spacial score (nSPS) is 11.4. The topological polar surface area (TPSA) is 76.7 Å². The van der Waals surface area contributed by atoms with Crippen LogP contribution in [0.4, 0.5) is 25.0 Å². The number of amides is 2. The van der Waals surface area contributed by atoms with Crippen molar-refractivity contribution >= 4 is 44.8 Å². The molecule has 1 aromatic heterocycles. The summed E-state index contributed by atoms with van der Waals surface area (Å²) >= 11 is 1.10. The number of benzene rings is 2. The number of hydrogen-bond acceptors (Lipinski definition) is 5. The average Bonchev–Trinajstić information content (AvgIpc) is 3.03. The molecule has 0 atom stereocenters. The molecule has 2 aromatic carbocycles. The average molecular weight is 448 g/mol. The summed E-state index contributed by atoms with van der Waals surface area (Å²) in [5.74, 6) is -1.65. The summed E-state index contributed by atoms with van der Waals surface area (Å²) in [4.78, 5) is 25.4. The van der Waals surface area contributed by atoms with E-state index in [9.17, 15) is 18.4 Å². The molecule has 0 fully saturated rings. The Hall–Kier alpha value is -3.04. The molecule has 164 valence electrons. The SMILES string of the molecule is COCc1c(C(=O)Nc2cc(F)ccc2NC(=O)OC(C)(C)C)sc2cccc(F)c12. The first-order valence-electron chi connectivity index (χ1n) is 9.39. The van der Waals surface area contributed by atoms with Crippen LogP contribution in [0.1, 0.15) is 36.0 Å². The first-order valence-corrected chi connectivity index (χ1v) is 10.2. The van der Waals surface area contributed by atoms with Gasteiger partial charge in [-0.05, 0) is 51.1 Å². The Labute approximate surface area is 182 Å². The second-order valence-electron chi connectivity index (χ2n) is 7.73. The van der Waals surface area contributed by atoms with Gasteiger partial charge in [0.1, 0.15) is 17.2 Å². The highest BCUT2D eigenvalue weighted by molar-refractivity contribution is 7.21. The van der Waals surface area contributed by atoms with Crippen LogP contribution < -0.4 is 10.6 Å². The first kappa shape index (κ1) is 22.6. The number of thiophene rings is 1. The zero-order valence-corrected chi connectivity index (χ0v) is 18.3. The van der Waals surface area contributed by atoms with E-state index in [4.69, 9.17) is 9.47 Å². The van der Waals surface area contributed by atoms with Crippen molar-refractivity contribution in [3.8, 4) is 0 Å². The third-order valence-electron chi connectivity index (χ3n) is 4.12. The van der Waals surface area contributed by atoms with Crippen LogP contribution in [0, 0.1) is 11.6 Å². The fraction of sp³-hybridized carbons (Fsp3) is 0.273. The second-order valence-corrected chi connectivity index (χ2v) is 8.78. The molecule has 0 aliphatic heterocycles. The maximum Gasteiger partial charge on any atom is 0.412 e. The molecule has 0 radical (unpaired) electrons. The molecule has 0 saturated carbocycles. The molecule has 1 heterocycles. The van der Waals surface area contributed by atoms with Crippen LogP contribution in [0.2, 0.25) is 0 Å². The third kappa shape index (κ3) is 5.36. The predicted octanol–water partition coefficient (Wildman–Crippen LogP) is 5.93. The van der Waals surface area contributed by atoms with Crippen molar-refractivity contribution < 1.29 is 27.8 Å². The maximum atomic E-state index is 14.4. The quantitative estimate of drug-likeness (QED) is 0.508. The van der Waals surface area contributed by atoms with E-state index in [1.807, 2.05) is 0 Å². The molecular formula is C22H22F2N2O4S. The minimum absolute atomic E-state index is 0.0237. The monoisotopic (exact) mass is 448 g/mol. The Morgan fingerprint density at radius 2 is 1.81 bits per heavy atom. The van der Waals surface area contributed by atoms with Crippen LogP contribution in [-0.4, -0.2) is 24.7 Å². The number of carbonyl (C=O) groups is 2. The second kappa shape index (κ2) is 8.99. The summed E-state index contributed by atoms with van der Waals surface area (Å²) in [6.45, 7) is 5.14. The van der Waals surface area contributed by atoms with E-state index in [2.05, 4.69) is 10.6 Å². The standard InChI is InChI=1S/C22H22F2N2O4S/c1-22(2,3)30-21(28)26-15-9-8-12(23)10-16(15)25-20(27)19-13(11-29-4)18-14(24)6-5-7-17(18)31-19/h5-10H,11H2,1-4H3,(H,25,27)(H,26,28). The molecule has 9 heteroatoms. The molecule has 0 bridgehead atoms. The maximum absolute atomic E-state index is 14.4. The van der Waals surface area contributed by atoms with Crippen molar-refractivity contribution in [2.75, 3.05) is 17.7 Å². The van der Waals surface area contributed by atoms with E-state index in [1.54, 1.807) is 32.9 Å². The van der Waals surface area contributed by atoms with Gasteiger partial charge in [0.15, 0.2) is 0 Å². The summed E-state index contributed by atoms with van der Waals surface area (Å²) in [6.07, 6.45) is -0.751. The minimum atomic E-state index is -0.751. The largest absolute Gasteiger partial charge is 0.444 e. The molecule has 31 heavy (non-hydrogen) atoms. The lowest BCUT2D eigenvalue weighted by atomic mass is 10.1. The lowest BCUT2D eigenvalue weighted by Gasteiger charge is -2.20. The Kier molecular flexibility index (Phi) is 6.56. The molecule has 2 amide bonds. The molecule has 3 rings (SSSR count). The molecule has 0 aliphatic rings. The number of fused-ring (bicyclic) bond motifs is 1. The number of hydrogen-bond donors (Lipinski definition) is 2. The Bertz CT molecular complexity index is 1140. The van der Waals surface area contributed by atoms with Gasteiger partial charge >= 0.3 is 6.09 Å². The van der Waals surface area contributed by atoms with Gasteiger partial charge < -0.3 is 14.8 Å². The molecule has 6 nitrogen and oxygen atoms in total. The summed E-state index contributed by atoms with van der Waals surface area (Å²) in [5.41, 5.74) is -0.137. The van der Waals surface area contributed by atoms with Gasteiger partial charge in [0.05, 0.1) is 22.9 Å². The van der Waals surface area contributed by atoms with E-state index in [-0.39, 0.29) is 22.9 Å². The van der Waals surface area contributed by atoms with E-state index in [0.717, 1.165) is 23.5 Å². The summed E-state index contributed by atoms with van der Waals surface area (Å²) < 4.78 is 39.2. The Morgan fingerprint density at radius 3 is 2.48 bits per heavy atom. The zero-order chi connectivity index (χ0) is 22.8. The van der Waals surface area contributed by atoms with Crippen LogP contribution in [-0.2, 0) is 16.1 Å². The van der Waals surface area contributed by atoms with Gasteiger partial charge in [-0.25, -0.2) is 13.6 Å². The highest BCUT2D eigenvalue weighted by Crippen LogP contribution is 2.35. The van der Waals surface area contributed by atoms with Gasteiger partial charge in [-0.15, -0.1) is 11.3 Å². The van der Waals surface area contributed by atoms with Crippen molar-refractivity contribution in [2.45, 2.75) is 33.0 Å². The Morgan fingerprint density at radius 1 is 1.06 bits per heavy atom. The summed E-state index contributed by atoms with van der Waals surface area (Å²) in [5, 5.41) is 5.41. The van der Waals surface area contributed by atoms with Crippen LogP contribution in [0.5, 0.6) is 0 Å². The highest BCUT2D eigenvalue weighted by atomic mass is 32.1. The van der Waals surface area contributed by atoms with E-state index >= 15 is 0 Å². The molecular weight excluding hydrogens is 426 g/mol. The zero-order valence-electron chi connectivity index (χ0n) is 17.5. The van der Waals surface area contributed by atoms with Gasteiger partial charge in [0, 0.05) is 22.8 Å². The Balaban J connectivity index is 1.94. The van der Waals surface area contributed by atoms with Gasteiger partial charge in [-0.1, -0.05) is 6.07 Å². The van der Waals surface area contributed by atoms with Crippen molar-refractivity contribution in [2.24, 2.45) is 0 Å². The fourth-order valence-corrected chi connectivity index (χ4v) is 4.07. The predicted molar refractivity (Wildman–Crippen MR) is 117 cm³/mol. The molecule has 0 aliphatic carbocycles. The third-order valence-corrected chi connectivity index (χ3v) is 5.32. The fourth-order valence-electron chi connectivity index (χ4n) is 2.95. The lowest BCUT2D eigenvalue weighted by Crippen LogP contribution is -2.27. The van der Waals surface area contributed by atoms with Crippen LogP contribution in [0.15, 0.2) is 36.4 Å². The number of halogens is 2. The smallest absolute Gasteiger partial charge is 0.412 e. The van der Waals surface area contributed by atoms with Gasteiger partial charge in [0.2, 0.25) is 0 Å². The number of nitrogens with one attached hydrogen (secondary N) is 2. The van der Waals surface area contributed by atoms with Gasteiger partial charge in [-0.2, -0.15) is 0 Å². The lowest BCUT2D eigenvalue weighted by molar-refractivity contribution is 0.0635. The molecule has 0 unspecified atom stereocenters. The van der Waals surface area contributed by atoms with Crippen LogP contribution in [0.25, 0.3) is 10.1 Å². The molecule has 3 aromatic rings. The van der Waals surface area contributed by atoms with Crippen molar-refractivity contribution in [1.82, 2.24) is 0 Å². The number of anilines is 2. The molecule has 0 saturated heterocycles. The summed E-state index contributed by atoms with van der Waals surface area (Å²) in [7, 11) is 1.45. The number of ether oxygens (including phenoxy) is 2. The van der Waals surface area contributed by atoms with Crippen molar-refractivity contribution in [3.05, 3.63) is 58.5 Å². The molecule has 0 spiro atoms. The van der Waals surface area contributed by atoms with Crippen molar-refractivity contribution in [3.63, 3.8) is 0 Å². The van der Waals surface area contributed by atoms with Crippen molar-refractivity contribution in [1.29, 1.82) is 0 Å². The number of carbonyl (C=O) groups excluding carboxylic acids is 2. The van der Waals surface area contributed by atoms with Crippen LogP contribution in [0.3, 0.4) is 0 Å². The van der Waals surface area contributed by atoms with Gasteiger partial charge in [-0.3, -0.25) is 10.1 Å². The van der Waals surface area contributed by atoms with Gasteiger partial charge in [0.25, 0.3) is 5.91 Å². The number of rotatable bonds is 5.